The van der Waals surface area contributed by atoms with Crippen molar-refractivity contribution in [1.29, 1.82) is 0 Å². The molecule has 380 valence electrons. The van der Waals surface area contributed by atoms with Gasteiger partial charge in [-0.1, -0.05) is 244 Å². The van der Waals surface area contributed by atoms with E-state index < -0.39 is 20.0 Å². The third kappa shape index (κ3) is 48.9. The summed E-state index contributed by atoms with van der Waals surface area (Å²) in [6, 6.07) is -0.794. The third-order valence-corrected chi connectivity index (χ3v) is 13.7. The molecule has 3 unspecified atom stereocenters. The van der Waals surface area contributed by atoms with Crippen molar-refractivity contribution < 1.29 is 32.9 Å². The smallest absolute Gasteiger partial charge is 0.268 e. The molecule has 0 bridgehead atoms. The number of quaternary nitrogens is 1. The van der Waals surface area contributed by atoms with Crippen molar-refractivity contribution >= 4 is 13.7 Å². The fraction of sp³-hybridized carbons (Fsp3) is 0.909. The first-order valence-electron chi connectivity index (χ1n) is 27.7. The Balaban J connectivity index is 3.78. The van der Waals surface area contributed by atoms with E-state index in [4.69, 9.17) is 9.05 Å². The van der Waals surface area contributed by atoms with Gasteiger partial charge in [0.25, 0.3) is 7.82 Å². The van der Waals surface area contributed by atoms with Gasteiger partial charge >= 0.3 is 0 Å². The van der Waals surface area contributed by atoms with Crippen LogP contribution in [0.15, 0.2) is 24.3 Å². The maximum atomic E-state index is 12.9. The first-order chi connectivity index (χ1) is 31.0. The molecule has 9 heteroatoms. The van der Waals surface area contributed by atoms with Crippen molar-refractivity contribution in [1.82, 2.24) is 5.32 Å². The van der Waals surface area contributed by atoms with E-state index in [2.05, 4.69) is 43.5 Å². The van der Waals surface area contributed by atoms with Gasteiger partial charge in [0.15, 0.2) is 0 Å². The van der Waals surface area contributed by atoms with Crippen LogP contribution in [0.2, 0.25) is 0 Å². The Hall–Kier alpha value is -1.02. The molecule has 8 nitrogen and oxygen atoms in total. The van der Waals surface area contributed by atoms with Crippen LogP contribution in [-0.2, 0) is 18.4 Å². The first kappa shape index (κ1) is 63.0. The molecule has 0 rings (SSSR count). The zero-order chi connectivity index (χ0) is 47.1. The summed E-state index contributed by atoms with van der Waals surface area (Å²) in [6.07, 6.45) is 58.3. The van der Waals surface area contributed by atoms with Gasteiger partial charge in [0.2, 0.25) is 5.91 Å². The van der Waals surface area contributed by atoms with Gasteiger partial charge in [0.05, 0.1) is 39.9 Å². The van der Waals surface area contributed by atoms with E-state index in [0.29, 0.717) is 23.9 Å². The molecule has 3 atom stereocenters. The van der Waals surface area contributed by atoms with Crippen LogP contribution in [0.1, 0.15) is 271 Å². The van der Waals surface area contributed by atoms with Gasteiger partial charge in [-0.15, -0.1) is 0 Å². The maximum Gasteiger partial charge on any atom is 0.268 e. The maximum absolute atomic E-state index is 12.9. The van der Waals surface area contributed by atoms with Gasteiger partial charge in [-0.05, 0) is 44.9 Å². The lowest BCUT2D eigenvalue weighted by molar-refractivity contribution is -0.870. The fourth-order valence-electron chi connectivity index (χ4n) is 8.31. The second-order valence-corrected chi connectivity index (χ2v) is 21.7. The fourth-order valence-corrected chi connectivity index (χ4v) is 9.03. The highest BCUT2D eigenvalue weighted by Gasteiger charge is 2.24. The molecule has 0 aliphatic rings. The number of carbonyl (C=O) groups excluding carboxylic acids is 1. The largest absolute Gasteiger partial charge is 0.756 e. The van der Waals surface area contributed by atoms with E-state index in [1.54, 1.807) is 0 Å². The molecule has 1 amide bonds. The van der Waals surface area contributed by atoms with Crippen molar-refractivity contribution in [2.75, 3.05) is 40.9 Å². The lowest BCUT2D eigenvalue weighted by atomic mass is 10.0. The summed E-state index contributed by atoms with van der Waals surface area (Å²) in [5.74, 6) is -0.164. The highest BCUT2D eigenvalue weighted by atomic mass is 31.2. The minimum atomic E-state index is -4.55. The molecule has 0 aromatic rings. The van der Waals surface area contributed by atoms with E-state index in [1.165, 1.54) is 199 Å². The number of likely N-dealkylation sites (N-methyl/N-ethyl adjacent to an activating group) is 1. The Morgan fingerprint density at radius 1 is 0.547 bits per heavy atom. The molecule has 0 aliphatic heterocycles. The summed E-state index contributed by atoms with van der Waals surface area (Å²) >= 11 is 0. The average molecular weight is 925 g/mol. The van der Waals surface area contributed by atoms with E-state index in [-0.39, 0.29) is 19.1 Å². The number of nitrogens with zero attached hydrogens (tertiary/aromatic N) is 1. The monoisotopic (exact) mass is 925 g/mol. The second kappa shape index (κ2) is 47.1. The minimum absolute atomic E-state index is 0.0140. The number of carbonyl (C=O) groups is 1. The number of nitrogens with one attached hydrogen (secondary N) is 1. The Morgan fingerprint density at radius 3 is 1.30 bits per heavy atom. The van der Waals surface area contributed by atoms with Crippen molar-refractivity contribution in [3.05, 3.63) is 24.3 Å². The number of phosphoric ester groups is 1. The van der Waals surface area contributed by atoms with Crippen LogP contribution in [0.3, 0.4) is 0 Å². The zero-order valence-corrected chi connectivity index (χ0v) is 44.1. The number of aliphatic hydroxyl groups is 1. The van der Waals surface area contributed by atoms with Crippen molar-refractivity contribution in [3.63, 3.8) is 0 Å². The molecule has 0 radical (unpaired) electrons. The van der Waals surface area contributed by atoms with Gasteiger partial charge in [0, 0.05) is 6.42 Å². The van der Waals surface area contributed by atoms with Gasteiger partial charge in [0.1, 0.15) is 13.2 Å². The summed E-state index contributed by atoms with van der Waals surface area (Å²) in [6.45, 7) is 4.68. The van der Waals surface area contributed by atoms with Crippen LogP contribution in [0.5, 0.6) is 0 Å². The number of amides is 1. The number of hydrogen-bond donors (Lipinski definition) is 2. The summed E-state index contributed by atoms with van der Waals surface area (Å²) in [5, 5.41) is 13.8. The molecular weight excluding hydrogens is 816 g/mol. The number of phosphoric acid groups is 1. The Morgan fingerprint density at radius 2 is 0.906 bits per heavy atom. The standard InChI is InChI=1S/C55H109N2O6P/c1-6-8-10-12-14-15-16-17-18-19-20-21-22-23-24-25-26-27-28-29-30-31-32-33-34-35-36-37-38-39-40-41-43-45-47-49-55(59)56-53(54(58)48-46-44-42-13-11-9-7-2)52-63-64(60,61)62-51-50-57(3,4)5/h16-17,19-20,53-54,58H,6-15,18,21-52H2,1-5H3,(H-,56,59,60,61)/b17-16-,20-19-. The molecule has 0 heterocycles. The minimum Gasteiger partial charge on any atom is -0.756 e. The molecular formula is C55H109N2O6P. The van der Waals surface area contributed by atoms with Crippen molar-refractivity contribution in [2.45, 2.75) is 283 Å². The van der Waals surface area contributed by atoms with Crippen LogP contribution in [0.4, 0.5) is 0 Å². The van der Waals surface area contributed by atoms with E-state index in [1.807, 2.05) is 21.1 Å². The van der Waals surface area contributed by atoms with Crippen LogP contribution >= 0.6 is 7.82 Å². The number of aliphatic hydroxyl groups excluding tert-OH is 1. The number of rotatable bonds is 51. The Kier molecular flexibility index (Phi) is 46.3. The molecule has 0 aromatic carbocycles. The van der Waals surface area contributed by atoms with Crippen molar-refractivity contribution in [3.8, 4) is 0 Å². The van der Waals surface area contributed by atoms with Gasteiger partial charge in [-0.2, -0.15) is 0 Å². The van der Waals surface area contributed by atoms with Crippen LogP contribution in [0, 0.1) is 0 Å². The predicted molar refractivity (Wildman–Crippen MR) is 275 cm³/mol. The van der Waals surface area contributed by atoms with Crippen LogP contribution < -0.4 is 10.2 Å². The molecule has 64 heavy (non-hydrogen) atoms. The van der Waals surface area contributed by atoms with Crippen molar-refractivity contribution in [2.24, 2.45) is 0 Å². The number of allylic oxidation sites excluding steroid dienone is 4. The van der Waals surface area contributed by atoms with Crippen LogP contribution in [0.25, 0.3) is 0 Å². The molecule has 0 aromatic heterocycles. The summed E-state index contributed by atoms with van der Waals surface area (Å²) < 4.78 is 23.2. The average Bonchev–Trinajstić information content (AvgIpc) is 3.25. The first-order valence-corrected chi connectivity index (χ1v) is 29.1. The molecule has 0 spiro atoms. The normalized spacial score (nSPS) is 14.2. The quantitative estimate of drug-likeness (QED) is 0.0272. The predicted octanol–water partition coefficient (Wildman–Crippen LogP) is 15.8. The molecule has 2 N–H and O–H groups in total. The highest BCUT2D eigenvalue weighted by Crippen LogP contribution is 2.38. The zero-order valence-electron chi connectivity index (χ0n) is 43.3. The van der Waals surface area contributed by atoms with Gasteiger partial charge in [-0.3, -0.25) is 9.36 Å². The van der Waals surface area contributed by atoms with E-state index >= 15 is 0 Å². The number of unbranched alkanes of at least 4 members (excludes halogenated alkanes) is 34. The Labute approximate surface area is 398 Å². The second-order valence-electron chi connectivity index (χ2n) is 20.3. The van der Waals surface area contributed by atoms with E-state index in [0.717, 1.165) is 44.9 Å². The van der Waals surface area contributed by atoms with Crippen LogP contribution in [-0.4, -0.2) is 68.5 Å². The lowest BCUT2D eigenvalue weighted by Crippen LogP contribution is -2.46. The summed E-state index contributed by atoms with van der Waals surface area (Å²) in [4.78, 5) is 25.3. The highest BCUT2D eigenvalue weighted by molar-refractivity contribution is 7.45. The SMILES string of the molecule is CCCCCCC/C=C\C/C=C\CCCCCCCCCCCCCCCCCCCCCCCCCC(=O)NC(COP(=O)([O-])OCC[N+](C)(C)C)C(O)CCCCCCCCC. The van der Waals surface area contributed by atoms with Gasteiger partial charge < -0.3 is 28.8 Å². The van der Waals surface area contributed by atoms with E-state index in [9.17, 15) is 19.4 Å². The summed E-state index contributed by atoms with van der Waals surface area (Å²) in [7, 11) is 1.31. The number of hydrogen-bond acceptors (Lipinski definition) is 6. The topological polar surface area (TPSA) is 108 Å². The summed E-state index contributed by atoms with van der Waals surface area (Å²) in [5.41, 5.74) is 0. The third-order valence-electron chi connectivity index (χ3n) is 12.7. The lowest BCUT2D eigenvalue weighted by Gasteiger charge is -2.30. The molecule has 0 aliphatic carbocycles. The molecule has 0 saturated heterocycles. The molecule has 0 saturated carbocycles. The molecule has 0 fully saturated rings. The Bertz CT molecular complexity index is 1090. The van der Waals surface area contributed by atoms with Gasteiger partial charge in [-0.25, -0.2) is 0 Å².